The third kappa shape index (κ3) is 4.41. The van der Waals surface area contributed by atoms with Gasteiger partial charge in [-0.3, -0.25) is 4.90 Å². The van der Waals surface area contributed by atoms with Gasteiger partial charge >= 0.3 is 0 Å². The van der Waals surface area contributed by atoms with E-state index in [1.54, 1.807) is 6.07 Å². The second-order valence-electron chi connectivity index (χ2n) is 4.47. The normalized spacial score (nSPS) is 15.1. The lowest BCUT2D eigenvalue weighted by molar-refractivity contribution is 0.237. The molecule has 0 bridgehead atoms. The van der Waals surface area contributed by atoms with E-state index in [0.717, 1.165) is 19.6 Å². The molecule has 0 unspecified atom stereocenters. The number of hydrogen-bond donors (Lipinski definition) is 0. The molecule has 0 amide bonds. The number of benzene rings is 1. The van der Waals surface area contributed by atoms with Crippen molar-refractivity contribution in [3.05, 3.63) is 29.6 Å². The summed E-state index contributed by atoms with van der Waals surface area (Å²) >= 11 is 5.53. The molecule has 0 aliphatic carbocycles. The SMILES string of the molecule is Fc1ccc(C#CCCl)c(OCCN2CCCC2)c1. The zero-order valence-corrected chi connectivity index (χ0v) is 11.5. The molecule has 1 fully saturated rings. The van der Waals surface area contributed by atoms with Crippen molar-refractivity contribution in [1.29, 1.82) is 0 Å². The van der Waals surface area contributed by atoms with Crippen molar-refractivity contribution in [2.24, 2.45) is 0 Å². The molecule has 4 heteroatoms. The second-order valence-corrected chi connectivity index (χ2v) is 4.74. The van der Waals surface area contributed by atoms with Crippen molar-refractivity contribution >= 4 is 11.6 Å². The van der Waals surface area contributed by atoms with Gasteiger partial charge in [0.2, 0.25) is 0 Å². The summed E-state index contributed by atoms with van der Waals surface area (Å²) in [5.41, 5.74) is 0.684. The first kappa shape index (κ1) is 14.2. The van der Waals surface area contributed by atoms with Crippen LogP contribution in [0.25, 0.3) is 0 Å². The van der Waals surface area contributed by atoms with Crippen molar-refractivity contribution < 1.29 is 9.13 Å². The fourth-order valence-electron chi connectivity index (χ4n) is 2.14. The molecule has 1 saturated heterocycles. The van der Waals surface area contributed by atoms with Gasteiger partial charge in [-0.2, -0.15) is 0 Å². The van der Waals surface area contributed by atoms with Gasteiger partial charge < -0.3 is 4.74 Å². The predicted molar refractivity (Wildman–Crippen MR) is 75.2 cm³/mol. The number of likely N-dealkylation sites (tertiary alicyclic amines) is 1. The maximum absolute atomic E-state index is 13.2. The third-order valence-electron chi connectivity index (χ3n) is 3.10. The van der Waals surface area contributed by atoms with Crippen LogP contribution in [-0.4, -0.2) is 37.0 Å². The zero-order valence-electron chi connectivity index (χ0n) is 10.8. The summed E-state index contributed by atoms with van der Waals surface area (Å²) in [6.45, 7) is 3.69. The molecule has 0 radical (unpaired) electrons. The van der Waals surface area contributed by atoms with E-state index in [9.17, 15) is 4.39 Å². The number of rotatable bonds is 4. The minimum absolute atomic E-state index is 0.255. The molecular weight excluding hydrogens is 265 g/mol. The van der Waals surface area contributed by atoms with Gasteiger partial charge in [-0.05, 0) is 38.1 Å². The Hall–Kier alpha value is -1.24. The van der Waals surface area contributed by atoms with Gasteiger partial charge in [0.15, 0.2) is 0 Å². The van der Waals surface area contributed by atoms with Crippen LogP contribution in [0.2, 0.25) is 0 Å². The van der Waals surface area contributed by atoms with E-state index >= 15 is 0 Å². The minimum atomic E-state index is -0.312. The molecular formula is C15H17ClFNO. The second kappa shape index (κ2) is 7.37. The van der Waals surface area contributed by atoms with E-state index in [4.69, 9.17) is 16.3 Å². The van der Waals surface area contributed by atoms with Crippen LogP contribution in [0.3, 0.4) is 0 Å². The summed E-state index contributed by atoms with van der Waals surface area (Å²) < 4.78 is 18.9. The highest BCUT2D eigenvalue weighted by atomic mass is 35.5. The number of alkyl halides is 1. The van der Waals surface area contributed by atoms with Crippen molar-refractivity contribution in [1.82, 2.24) is 4.90 Å². The highest BCUT2D eigenvalue weighted by Crippen LogP contribution is 2.19. The molecule has 1 aliphatic heterocycles. The largest absolute Gasteiger partial charge is 0.491 e. The summed E-state index contributed by atoms with van der Waals surface area (Å²) in [6.07, 6.45) is 2.51. The van der Waals surface area contributed by atoms with Gasteiger partial charge in [-0.1, -0.05) is 11.8 Å². The quantitative estimate of drug-likeness (QED) is 0.622. The van der Waals surface area contributed by atoms with Crippen LogP contribution in [0.1, 0.15) is 18.4 Å². The van der Waals surface area contributed by atoms with Crippen LogP contribution in [-0.2, 0) is 0 Å². The summed E-state index contributed by atoms with van der Waals surface area (Å²) in [4.78, 5) is 2.35. The van der Waals surface area contributed by atoms with Gasteiger partial charge in [0, 0.05) is 12.6 Å². The van der Waals surface area contributed by atoms with Crippen LogP contribution in [0, 0.1) is 17.7 Å². The molecule has 0 spiro atoms. The smallest absolute Gasteiger partial charge is 0.137 e. The lowest BCUT2D eigenvalue weighted by Gasteiger charge is -2.15. The van der Waals surface area contributed by atoms with Crippen molar-refractivity contribution in [3.63, 3.8) is 0 Å². The van der Waals surface area contributed by atoms with E-state index in [1.165, 1.54) is 25.0 Å². The Labute approximate surface area is 118 Å². The van der Waals surface area contributed by atoms with Crippen LogP contribution in [0.5, 0.6) is 5.75 Å². The topological polar surface area (TPSA) is 12.5 Å². The van der Waals surface area contributed by atoms with Gasteiger partial charge in [-0.25, -0.2) is 4.39 Å². The van der Waals surface area contributed by atoms with Gasteiger partial charge in [0.25, 0.3) is 0 Å². The van der Waals surface area contributed by atoms with Crippen LogP contribution in [0.4, 0.5) is 4.39 Å². The Morgan fingerprint density at radius 2 is 2.11 bits per heavy atom. The molecule has 0 N–H and O–H groups in total. The lowest BCUT2D eigenvalue weighted by atomic mass is 10.2. The molecule has 2 nitrogen and oxygen atoms in total. The Kier molecular flexibility index (Phi) is 5.50. The molecule has 1 aromatic rings. The van der Waals surface area contributed by atoms with E-state index in [-0.39, 0.29) is 11.7 Å². The predicted octanol–water partition coefficient (Wildman–Crippen LogP) is 2.89. The summed E-state index contributed by atoms with van der Waals surface area (Å²) in [5, 5.41) is 0. The average molecular weight is 282 g/mol. The number of ether oxygens (including phenoxy) is 1. The Bertz CT molecular complexity index is 475. The molecule has 1 aliphatic rings. The van der Waals surface area contributed by atoms with Crippen molar-refractivity contribution in [2.45, 2.75) is 12.8 Å². The monoisotopic (exact) mass is 281 g/mol. The Balaban J connectivity index is 1.95. The van der Waals surface area contributed by atoms with E-state index in [2.05, 4.69) is 16.7 Å². The molecule has 0 atom stereocenters. The van der Waals surface area contributed by atoms with Crippen molar-refractivity contribution in [2.75, 3.05) is 32.1 Å². The molecule has 102 valence electrons. The maximum Gasteiger partial charge on any atom is 0.137 e. The van der Waals surface area contributed by atoms with Gasteiger partial charge in [0.05, 0.1) is 11.4 Å². The standard InChI is InChI=1S/C15H17ClFNO/c16-7-3-4-13-5-6-14(17)12-15(13)19-11-10-18-8-1-2-9-18/h5-6,12H,1-2,7-11H2. The molecule has 0 saturated carbocycles. The van der Waals surface area contributed by atoms with Crippen LogP contribution < -0.4 is 4.74 Å². The highest BCUT2D eigenvalue weighted by Gasteiger charge is 2.11. The number of nitrogens with zero attached hydrogens (tertiary/aromatic N) is 1. The average Bonchev–Trinajstić information content (AvgIpc) is 2.91. The van der Waals surface area contributed by atoms with E-state index in [1.807, 2.05) is 0 Å². The summed E-state index contributed by atoms with van der Waals surface area (Å²) in [5.74, 6) is 6.08. The summed E-state index contributed by atoms with van der Waals surface area (Å²) in [6, 6.07) is 4.38. The fourth-order valence-corrected chi connectivity index (χ4v) is 2.21. The molecule has 19 heavy (non-hydrogen) atoms. The van der Waals surface area contributed by atoms with Crippen LogP contribution in [0.15, 0.2) is 18.2 Å². The lowest BCUT2D eigenvalue weighted by Crippen LogP contribution is -2.25. The Morgan fingerprint density at radius 1 is 1.32 bits per heavy atom. The van der Waals surface area contributed by atoms with Crippen molar-refractivity contribution in [3.8, 4) is 17.6 Å². The fraction of sp³-hybridized carbons (Fsp3) is 0.467. The highest BCUT2D eigenvalue weighted by molar-refractivity contribution is 6.19. The number of halogens is 2. The first-order chi connectivity index (χ1) is 9.29. The molecule has 0 aromatic heterocycles. The molecule has 1 heterocycles. The molecule has 2 rings (SSSR count). The first-order valence-corrected chi connectivity index (χ1v) is 7.02. The van der Waals surface area contributed by atoms with Gasteiger partial charge in [0.1, 0.15) is 18.2 Å². The zero-order chi connectivity index (χ0) is 13.5. The third-order valence-corrected chi connectivity index (χ3v) is 3.23. The van der Waals surface area contributed by atoms with Gasteiger partial charge in [-0.15, -0.1) is 11.6 Å². The Morgan fingerprint density at radius 3 is 2.84 bits per heavy atom. The number of hydrogen-bond acceptors (Lipinski definition) is 2. The summed E-state index contributed by atoms with van der Waals surface area (Å²) in [7, 11) is 0. The van der Waals surface area contributed by atoms with Crippen LogP contribution >= 0.6 is 11.6 Å². The minimum Gasteiger partial charge on any atom is -0.491 e. The van der Waals surface area contributed by atoms with E-state index < -0.39 is 0 Å². The first-order valence-electron chi connectivity index (χ1n) is 6.49. The molecule has 1 aromatic carbocycles. The van der Waals surface area contributed by atoms with E-state index in [0.29, 0.717) is 17.9 Å². The maximum atomic E-state index is 13.2.